The van der Waals surface area contributed by atoms with Gasteiger partial charge in [0.15, 0.2) is 0 Å². The highest BCUT2D eigenvalue weighted by molar-refractivity contribution is 9.10. The van der Waals surface area contributed by atoms with Crippen molar-refractivity contribution in [2.75, 3.05) is 0 Å². The molecule has 96 valence electrons. The van der Waals surface area contributed by atoms with Gasteiger partial charge in [-0.25, -0.2) is 9.37 Å². The summed E-state index contributed by atoms with van der Waals surface area (Å²) in [5.74, 6) is 0.795. The topological polar surface area (TPSA) is 17.3 Å². The summed E-state index contributed by atoms with van der Waals surface area (Å²) >= 11 is 3.45. The maximum Gasteiger partial charge on any atom is 0.126 e. The second-order valence-electron chi connectivity index (χ2n) is 4.41. The second-order valence-corrected chi connectivity index (χ2v) is 5.32. The van der Waals surface area contributed by atoms with Gasteiger partial charge < -0.3 is 4.40 Å². The molecule has 3 rings (SSSR count). The molecule has 0 aliphatic heterocycles. The van der Waals surface area contributed by atoms with Crippen molar-refractivity contribution in [1.82, 2.24) is 9.38 Å². The lowest BCUT2D eigenvalue weighted by molar-refractivity contribution is 0.607. The number of aromatic nitrogens is 2. The Labute approximate surface area is 119 Å². The number of aryl methyl sites for hydroxylation is 2. The Morgan fingerprint density at radius 3 is 2.79 bits per heavy atom. The van der Waals surface area contributed by atoms with Gasteiger partial charge in [0.05, 0.1) is 11.7 Å². The smallest absolute Gasteiger partial charge is 0.126 e. The highest BCUT2D eigenvalue weighted by Crippen LogP contribution is 2.16. The Hall–Kier alpha value is -1.68. The first kappa shape index (κ1) is 12.4. The molecule has 3 aromatic rings. The van der Waals surface area contributed by atoms with Crippen molar-refractivity contribution in [3.8, 4) is 0 Å². The molecule has 0 saturated carbocycles. The Balaban J connectivity index is 1.86. The number of pyridine rings is 1. The van der Waals surface area contributed by atoms with E-state index in [9.17, 15) is 4.39 Å². The van der Waals surface area contributed by atoms with Crippen LogP contribution in [0, 0.1) is 5.82 Å². The number of hydrogen-bond donors (Lipinski definition) is 0. The van der Waals surface area contributed by atoms with Crippen LogP contribution in [0.15, 0.2) is 53.3 Å². The monoisotopic (exact) mass is 318 g/mol. The van der Waals surface area contributed by atoms with E-state index < -0.39 is 0 Å². The predicted octanol–water partition coefficient (Wildman–Crippen LogP) is 4.02. The van der Waals surface area contributed by atoms with E-state index in [1.165, 1.54) is 6.07 Å². The fraction of sp³-hybridized carbons (Fsp3) is 0.133. The van der Waals surface area contributed by atoms with E-state index in [0.717, 1.165) is 21.4 Å². The van der Waals surface area contributed by atoms with E-state index in [4.69, 9.17) is 0 Å². The SMILES string of the molecule is Fc1ccccc1CCc1ncc2ccc(Br)cn12. The van der Waals surface area contributed by atoms with Gasteiger partial charge in [0.25, 0.3) is 0 Å². The van der Waals surface area contributed by atoms with Crippen LogP contribution in [0.3, 0.4) is 0 Å². The number of halogens is 2. The van der Waals surface area contributed by atoms with Gasteiger partial charge in [0.1, 0.15) is 11.6 Å². The molecule has 0 N–H and O–H groups in total. The molecule has 0 aliphatic rings. The minimum atomic E-state index is -0.149. The largest absolute Gasteiger partial charge is 0.303 e. The molecule has 0 fully saturated rings. The molecule has 0 amide bonds. The van der Waals surface area contributed by atoms with Crippen LogP contribution in [0.1, 0.15) is 11.4 Å². The normalized spacial score (nSPS) is 11.1. The molecule has 2 aromatic heterocycles. The van der Waals surface area contributed by atoms with Crippen molar-refractivity contribution in [3.05, 3.63) is 70.5 Å². The molecule has 19 heavy (non-hydrogen) atoms. The summed E-state index contributed by atoms with van der Waals surface area (Å²) in [6, 6.07) is 10.9. The fourth-order valence-electron chi connectivity index (χ4n) is 2.15. The third kappa shape index (κ3) is 2.54. The van der Waals surface area contributed by atoms with Gasteiger partial charge >= 0.3 is 0 Å². The predicted molar refractivity (Wildman–Crippen MR) is 76.7 cm³/mol. The van der Waals surface area contributed by atoms with Crippen molar-refractivity contribution in [2.45, 2.75) is 12.8 Å². The molecule has 0 saturated heterocycles. The molecule has 0 radical (unpaired) electrons. The van der Waals surface area contributed by atoms with Gasteiger partial charge in [0.2, 0.25) is 0 Å². The van der Waals surface area contributed by atoms with Gasteiger partial charge in [-0.2, -0.15) is 0 Å². The number of fused-ring (bicyclic) bond motifs is 1. The molecule has 2 heterocycles. The van der Waals surface area contributed by atoms with Crippen LogP contribution in [0.5, 0.6) is 0 Å². The third-order valence-corrected chi connectivity index (χ3v) is 3.61. The molecule has 0 spiro atoms. The average Bonchev–Trinajstić information content (AvgIpc) is 2.80. The molecular weight excluding hydrogens is 307 g/mol. The Morgan fingerprint density at radius 1 is 1.11 bits per heavy atom. The lowest BCUT2D eigenvalue weighted by atomic mass is 10.1. The highest BCUT2D eigenvalue weighted by Gasteiger charge is 2.06. The van der Waals surface area contributed by atoms with Crippen LogP contribution in [-0.2, 0) is 12.8 Å². The van der Waals surface area contributed by atoms with Gasteiger partial charge in [-0.3, -0.25) is 0 Å². The number of hydrogen-bond acceptors (Lipinski definition) is 1. The third-order valence-electron chi connectivity index (χ3n) is 3.14. The minimum Gasteiger partial charge on any atom is -0.303 e. The first-order valence-corrected chi connectivity index (χ1v) is 6.88. The zero-order valence-electron chi connectivity index (χ0n) is 10.2. The Kier molecular flexibility index (Phi) is 3.34. The zero-order valence-corrected chi connectivity index (χ0v) is 11.8. The van der Waals surface area contributed by atoms with E-state index in [1.54, 1.807) is 6.07 Å². The van der Waals surface area contributed by atoms with Gasteiger partial charge in [-0.15, -0.1) is 0 Å². The molecule has 0 bridgehead atoms. The maximum absolute atomic E-state index is 13.6. The Morgan fingerprint density at radius 2 is 1.95 bits per heavy atom. The van der Waals surface area contributed by atoms with Gasteiger partial charge in [-0.05, 0) is 46.1 Å². The summed E-state index contributed by atoms with van der Waals surface area (Å²) < 4.78 is 16.6. The van der Waals surface area contributed by atoms with E-state index >= 15 is 0 Å². The molecule has 0 unspecified atom stereocenters. The molecule has 2 nitrogen and oxygen atoms in total. The maximum atomic E-state index is 13.6. The summed E-state index contributed by atoms with van der Waals surface area (Å²) in [5.41, 5.74) is 1.78. The summed E-state index contributed by atoms with van der Waals surface area (Å²) in [4.78, 5) is 4.40. The van der Waals surface area contributed by atoms with E-state index in [1.807, 2.05) is 41.1 Å². The number of rotatable bonds is 3. The van der Waals surface area contributed by atoms with Crippen molar-refractivity contribution in [2.24, 2.45) is 0 Å². The molecule has 1 aromatic carbocycles. The standard InChI is InChI=1S/C15H12BrFN2/c16-12-6-7-13-9-18-15(19(13)10-12)8-5-11-3-1-2-4-14(11)17/h1-4,6-7,9-10H,5,8H2. The summed E-state index contributed by atoms with van der Waals surface area (Å²) in [7, 11) is 0. The minimum absolute atomic E-state index is 0.149. The fourth-order valence-corrected chi connectivity index (χ4v) is 2.49. The summed E-state index contributed by atoms with van der Waals surface area (Å²) in [6.07, 6.45) is 5.19. The van der Waals surface area contributed by atoms with Crippen molar-refractivity contribution < 1.29 is 4.39 Å². The van der Waals surface area contributed by atoms with Gasteiger partial charge in [0, 0.05) is 17.1 Å². The first-order valence-electron chi connectivity index (χ1n) is 6.09. The van der Waals surface area contributed by atoms with Crippen LogP contribution < -0.4 is 0 Å². The van der Waals surface area contributed by atoms with Crippen LogP contribution in [0.2, 0.25) is 0 Å². The average molecular weight is 319 g/mol. The van der Waals surface area contributed by atoms with E-state index in [0.29, 0.717) is 12.8 Å². The van der Waals surface area contributed by atoms with Crippen molar-refractivity contribution in [1.29, 1.82) is 0 Å². The van der Waals surface area contributed by atoms with Crippen molar-refractivity contribution >= 4 is 21.4 Å². The molecular formula is C15H12BrFN2. The highest BCUT2D eigenvalue weighted by atomic mass is 79.9. The first-order chi connectivity index (χ1) is 9.24. The lowest BCUT2D eigenvalue weighted by Gasteiger charge is -2.03. The van der Waals surface area contributed by atoms with Crippen LogP contribution >= 0.6 is 15.9 Å². The van der Waals surface area contributed by atoms with Crippen LogP contribution in [0.4, 0.5) is 4.39 Å². The van der Waals surface area contributed by atoms with E-state index in [-0.39, 0.29) is 5.82 Å². The molecule has 0 aliphatic carbocycles. The second kappa shape index (κ2) is 5.13. The van der Waals surface area contributed by atoms with E-state index in [2.05, 4.69) is 20.9 Å². The summed E-state index contributed by atoms with van der Waals surface area (Å²) in [6.45, 7) is 0. The summed E-state index contributed by atoms with van der Waals surface area (Å²) in [5, 5.41) is 0. The lowest BCUT2D eigenvalue weighted by Crippen LogP contribution is -1.99. The number of nitrogens with zero attached hydrogens (tertiary/aromatic N) is 2. The number of imidazole rings is 1. The van der Waals surface area contributed by atoms with Crippen LogP contribution in [0.25, 0.3) is 5.52 Å². The Bertz CT molecular complexity index is 721. The van der Waals surface area contributed by atoms with Crippen LogP contribution in [-0.4, -0.2) is 9.38 Å². The van der Waals surface area contributed by atoms with Crippen molar-refractivity contribution in [3.63, 3.8) is 0 Å². The molecule has 4 heteroatoms. The zero-order chi connectivity index (χ0) is 13.2. The quantitative estimate of drug-likeness (QED) is 0.713. The number of benzene rings is 1. The van der Waals surface area contributed by atoms with Gasteiger partial charge in [-0.1, -0.05) is 18.2 Å². The molecule has 0 atom stereocenters.